The lowest BCUT2D eigenvalue weighted by atomic mass is 9.87. The van der Waals surface area contributed by atoms with E-state index in [1.54, 1.807) is 18.2 Å². The minimum Gasteiger partial charge on any atom is -0.489 e. The first-order valence-corrected chi connectivity index (χ1v) is 7.72. The molecule has 2 N–H and O–H groups in total. The van der Waals surface area contributed by atoms with Crippen LogP contribution in [0.5, 0.6) is 5.75 Å². The molecular formula is C17H24N2O2. The van der Waals surface area contributed by atoms with Gasteiger partial charge in [-0.3, -0.25) is 0 Å². The Morgan fingerprint density at radius 1 is 1.43 bits per heavy atom. The molecule has 1 saturated carbocycles. The lowest BCUT2D eigenvalue weighted by Crippen LogP contribution is -2.40. The normalized spacial score (nSPS) is 23.3. The number of rotatable bonds is 6. The molecule has 0 spiro atoms. The molecule has 0 aliphatic heterocycles. The minimum atomic E-state index is -0.561. The topological polar surface area (TPSA) is 65.3 Å². The number of para-hydroxylation sites is 1. The van der Waals surface area contributed by atoms with Gasteiger partial charge in [0.1, 0.15) is 24.5 Å². The molecule has 1 fully saturated rings. The van der Waals surface area contributed by atoms with Crippen LogP contribution in [0.4, 0.5) is 0 Å². The van der Waals surface area contributed by atoms with Gasteiger partial charge in [0.05, 0.1) is 5.56 Å². The summed E-state index contributed by atoms with van der Waals surface area (Å²) in [7, 11) is 0. The van der Waals surface area contributed by atoms with Gasteiger partial charge in [-0.25, -0.2) is 0 Å². The van der Waals surface area contributed by atoms with Crippen molar-refractivity contribution in [3.63, 3.8) is 0 Å². The maximum Gasteiger partial charge on any atom is 0.137 e. The van der Waals surface area contributed by atoms with Gasteiger partial charge < -0.3 is 15.2 Å². The zero-order valence-electron chi connectivity index (χ0n) is 12.6. The molecule has 0 radical (unpaired) electrons. The Morgan fingerprint density at radius 2 is 2.24 bits per heavy atom. The van der Waals surface area contributed by atoms with Gasteiger partial charge in [-0.2, -0.15) is 5.26 Å². The second-order valence-electron chi connectivity index (χ2n) is 5.95. The molecule has 1 aliphatic rings. The van der Waals surface area contributed by atoms with Gasteiger partial charge >= 0.3 is 0 Å². The van der Waals surface area contributed by atoms with Crippen molar-refractivity contribution in [3.05, 3.63) is 29.8 Å². The molecule has 3 atom stereocenters. The molecule has 4 nitrogen and oxygen atoms in total. The molecule has 0 heterocycles. The van der Waals surface area contributed by atoms with E-state index >= 15 is 0 Å². The monoisotopic (exact) mass is 288 g/mol. The van der Waals surface area contributed by atoms with Crippen LogP contribution in [-0.2, 0) is 0 Å². The van der Waals surface area contributed by atoms with Gasteiger partial charge in [0, 0.05) is 12.6 Å². The van der Waals surface area contributed by atoms with Crippen molar-refractivity contribution in [1.29, 1.82) is 5.26 Å². The van der Waals surface area contributed by atoms with Gasteiger partial charge in [-0.15, -0.1) is 0 Å². The second-order valence-corrected chi connectivity index (χ2v) is 5.95. The van der Waals surface area contributed by atoms with Gasteiger partial charge in [0.25, 0.3) is 0 Å². The highest BCUT2D eigenvalue weighted by atomic mass is 16.5. The third-order valence-corrected chi connectivity index (χ3v) is 4.02. The third kappa shape index (κ3) is 5.04. The molecule has 3 unspecified atom stereocenters. The second kappa shape index (κ2) is 8.02. The molecule has 2 rings (SSSR count). The van der Waals surface area contributed by atoms with Crippen molar-refractivity contribution >= 4 is 0 Å². The molecule has 21 heavy (non-hydrogen) atoms. The molecule has 1 aromatic rings. The highest BCUT2D eigenvalue weighted by Gasteiger charge is 2.19. The Morgan fingerprint density at radius 3 is 3.00 bits per heavy atom. The smallest absolute Gasteiger partial charge is 0.137 e. The molecule has 1 aromatic carbocycles. The summed E-state index contributed by atoms with van der Waals surface area (Å²) < 4.78 is 5.54. The first-order valence-electron chi connectivity index (χ1n) is 7.72. The maximum atomic E-state index is 10.0. The van der Waals surface area contributed by atoms with E-state index in [1.807, 2.05) is 6.07 Å². The molecule has 4 heteroatoms. The quantitative estimate of drug-likeness (QED) is 0.844. The number of ether oxygens (including phenoxy) is 1. The van der Waals surface area contributed by atoms with E-state index in [4.69, 9.17) is 10.00 Å². The van der Waals surface area contributed by atoms with Gasteiger partial charge in [-0.05, 0) is 30.9 Å². The first kappa shape index (κ1) is 15.8. The van der Waals surface area contributed by atoms with Gasteiger partial charge in [0.15, 0.2) is 0 Å². The standard InChI is InChI=1S/C17H24N2O2/c1-13-5-4-7-15(9-13)19-11-16(20)12-21-17-8-3-2-6-14(17)10-18/h2-3,6,8,13,15-16,19-20H,4-5,7,9,11-12H2,1H3. The molecule has 1 aliphatic carbocycles. The maximum absolute atomic E-state index is 10.0. The zero-order valence-corrected chi connectivity index (χ0v) is 12.6. The summed E-state index contributed by atoms with van der Waals surface area (Å²) in [4.78, 5) is 0. The Balaban J connectivity index is 1.72. The summed E-state index contributed by atoms with van der Waals surface area (Å²) >= 11 is 0. The number of nitrogens with one attached hydrogen (secondary N) is 1. The van der Waals surface area contributed by atoms with Crippen molar-refractivity contribution in [2.24, 2.45) is 5.92 Å². The fourth-order valence-electron chi connectivity index (χ4n) is 2.85. The van der Waals surface area contributed by atoms with Crippen LogP contribution in [-0.4, -0.2) is 30.4 Å². The summed E-state index contributed by atoms with van der Waals surface area (Å²) in [6.45, 7) is 3.02. The SMILES string of the molecule is CC1CCCC(NCC(O)COc2ccccc2C#N)C1. The summed E-state index contributed by atoms with van der Waals surface area (Å²) in [6.07, 6.45) is 4.39. The number of hydrogen-bond donors (Lipinski definition) is 2. The lowest BCUT2D eigenvalue weighted by molar-refractivity contribution is 0.100. The van der Waals surface area contributed by atoms with Gasteiger partial charge in [0.2, 0.25) is 0 Å². The molecule has 114 valence electrons. The van der Waals surface area contributed by atoms with Crippen LogP contribution in [0, 0.1) is 17.2 Å². The Hall–Kier alpha value is -1.57. The van der Waals surface area contributed by atoms with E-state index in [0.29, 0.717) is 23.9 Å². The number of nitrogens with zero attached hydrogens (tertiary/aromatic N) is 1. The van der Waals surface area contributed by atoms with Crippen molar-refractivity contribution in [1.82, 2.24) is 5.32 Å². The predicted molar refractivity (Wildman–Crippen MR) is 82.1 cm³/mol. The molecule has 0 amide bonds. The highest BCUT2D eigenvalue weighted by molar-refractivity contribution is 5.42. The van der Waals surface area contributed by atoms with E-state index < -0.39 is 6.10 Å². The summed E-state index contributed by atoms with van der Waals surface area (Å²) in [5.41, 5.74) is 0.499. The summed E-state index contributed by atoms with van der Waals surface area (Å²) in [5.74, 6) is 1.30. The van der Waals surface area contributed by atoms with E-state index in [2.05, 4.69) is 18.3 Å². The van der Waals surface area contributed by atoms with Crippen molar-refractivity contribution in [2.75, 3.05) is 13.2 Å². The van der Waals surface area contributed by atoms with E-state index in [9.17, 15) is 5.11 Å². The number of nitriles is 1. The fourth-order valence-corrected chi connectivity index (χ4v) is 2.85. The van der Waals surface area contributed by atoms with Crippen LogP contribution in [0.3, 0.4) is 0 Å². The average Bonchev–Trinajstić information content (AvgIpc) is 2.51. The van der Waals surface area contributed by atoms with Crippen molar-refractivity contribution < 1.29 is 9.84 Å². The predicted octanol–water partition coefficient (Wildman–Crippen LogP) is 2.47. The van der Waals surface area contributed by atoms with Crippen LogP contribution >= 0.6 is 0 Å². The molecule has 0 bridgehead atoms. The zero-order chi connectivity index (χ0) is 15.1. The van der Waals surface area contributed by atoms with E-state index in [-0.39, 0.29) is 6.61 Å². The number of hydrogen-bond acceptors (Lipinski definition) is 4. The summed E-state index contributed by atoms with van der Waals surface area (Å²) in [6, 6.07) is 9.68. The minimum absolute atomic E-state index is 0.202. The van der Waals surface area contributed by atoms with Crippen LogP contribution in [0.25, 0.3) is 0 Å². The van der Waals surface area contributed by atoms with Crippen LogP contribution in [0.1, 0.15) is 38.2 Å². The Bertz CT molecular complexity index is 484. The third-order valence-electron chi connectivity index (χ3n) is 4.02. The van der Waals surface area contributed by atoms with Crippen LogP contribution in [0.15, 0.2) is 24.3 Å². The number of aliphatic hydroxyl groups excluding tert-OH is 1. The molecular weight excluding hydrogens is 264 g/mol. The number of aliphatic hydroxyl groups is 1. The van der Waals surface area contributed by atoms with E-state index in [1.165, 1.54) is 25.7 Å². The number of benzene rings is 1. The van der Waals surface area contributed by atoms with Crippen LogP contribution < -0.4 is 10.1 Å². The Kier molecular flexibility index (Phi) is 6.04. The lowest BCUT2D eigenvalue weighted by Gasteiger charge is -2.28. The largest absolute Gasteiger partial charge is 0.489 e. The van der Waals surface area contributed by atoms with Crippen molar-refractivity contribution in [2.45, 2.75) is 44.8 Å². The van der Waals surface area contributed by atoms with Crippen molar-refractivity contribution in [3.8, 4) is 11.8 Å². The van der Waals surface area contributed by atoms with Crippen LogP contribution in [0.2, 0.25) is 0 Å². The van der Waals surface area contributed by atoms with Gasteiger partial charge in [-0.1, -0.05) is 31.9 Å². The first-order chi connectivity index (χ1) is 10.2. The molecule has 0 aromatic heterocycles. The van der Waals surface area contributed by atoms with E-state index in [0.717, 1.165) is 5.92 Å². The summed E-state index contributed by atoms with van der Waals surface area (Å²) in [5, 5.41) is 22.4. The Labute approximate surface area is 126 Å². The highest BCUT2D eigenvalue weighted by Crippen LogP contribution is 2.23. The fraction of sp³-hybridized carbons (Fsp3) is 0.588. The average molecular weight is 288 g/mol. The molecule has 0 saturated heterocycles.